The van der Waals surface area contributed by atoms with E-state index in [2.05, 4.69) is 10.6 Å². The van der Waals surface area contributed by atoms with Gasteiger partial charge in [-0.2, -0.15) is 0 Å². The van der Waals surface area contributed by atoms with E-state index in [1.54, 1.807) is 36.1 Å². The van der Waals surface area contributed by atoms with Crippen LogP contribution in [0.2, 0.25) is 0 Å². The summed E-state index contributed by atoms with van der Waals surface area (Å²) >= 11 is 0. The molecule has 0 aliphatic heterocycles. The first kappa shape index (κ1) is 16.9. The Balaban J connectivity index is 1.63. The number of methoxy groups -OCH3 is 1. The van der Waals surface area contributed by atoms with Gasteiger partial charge >= 0.3 is 11.3 Å². The van der Waals surface area contributed by atoms with Crippen LogP contribution >= 0.6 is 0 Å². The smallest absolute Gasteiger partial charge is 0.431 e. The number of nitrogens with one attached hydrogen (secondary N) is 2. The molecule has 0 radical (unpaired) electrons. The highest BCUT2D eigenvalue weighted by molar-refractivity contribution is 5.31. The van der Waals surface area contributed by atoms with E-state index < -0.39 is 5.63 Å². The zero-order valence-electron chi connectivity index (χ0n) is 13.8. The Hall–Kier alpha value is -2.93. The van der Waals surface area contributed by atoms with Gasteiger partial charge in [0.05, 0.1) is 13.7 Å². The zero-order valence-corrected chi connectivity index (χ0v) is 13.8. The molecule has 2 aromatic carbocycles. The normalized spacial score (nSPS) is 10.8. The van der Waals surface area contributed by atoms with Crippen molar-refractivity contribution in [1.29, 1.82) is 0 Å². The van der Waals surface area contributed by atoms with Crippen LogP contribution in [0.15, 0.2) is 57.8 Å². The third-order valence-corrected chi connectivity index (χ3v) is 3.86. The molecule has 1 aromatic heterocycles. The first-order chi connectivity index (χ1) is 12.2. The number of hydrogen-bond acceptors (Lipinski definition) is 4. The second-order valence-corrected chi connectivity index (χ2v) is 5.51. The van der Waals surface area contributed by atoms with Crippen LogP contribution in [0, 0.1) is 5.82 Å². The molecular weight excluding hydrogens is 325 g/mol. The van der Waals surface area contributed by atoms with Crippen molar-refractivity contribution in [3.8, 4) is 11.4 Å². The molecule has 1 heterocycles. The van der Waals surface area contributed by atoms with E-state index in [0.29, 0.717) is 18.8 Å². The highest BCUT2D eigenvalue weighted by atomic mass is 19.1. The number of benzene rings is 2. The number of H-pyrrole nitrogens is 1. The van der Waals surface area contributed by atoms with Crippen molar-refractivity contribution in [2.24, 2.45) is 0 Å². The van der Waals surface area contributed by atoms with Gasteiger partial charge in [0.15, 0.2) is 0 Å². The number of hydrogen-bond donors (Lipinski definition) is 2. The van der Waals surface area contributed by atoms with Gasteiger partial charge in [0.1, 0.15) is 11.6 Å². The van der Waals surface area contributed by atoms with Crippen molar-refractivity contribution in [3.63, 3.8) is 0 Å². The third kappa shape index (κ3) is 4.13. The minimum Gasteiger partial charge on any atom is -0.497 e. The van der Waals surface area contributed by atoms with E-state index in [-0.39, 0.29) is 5.82 Å². The first-order valence-electron chi connectivity index (χ1n) is 7.89. The Morgan fingerprint density at radius 1 is 1.16 bits per heavy atom. The summed E-state index contributed by atoms with van der Waals surface area (Å²) in [6.07, 6.45) is 0.735. The average molecular weight is 344 g/mol. The van der Waals surface area contributed by atoms with Gasteiger partial charge in [-0.1, -0.05) is 12.1 Å². The van der Waals surface area contributed by atoms with Crippen LogP contribution in [-0.4, -0.2) is 18.9 Å². The maximum atomic E-state index is 12.9. The predicted octanol–water partition coefficient (Wildman–Crippen LogP) is 1.72. The standard InChI is InChI=1S/C18H18FN3O3/c1-24-16-8-6-15(7-9-16)22-17(18(23)25-21-22)12-20-11-10-13-2-4-14(19)5-3-13/h2-9,20H,10-12H2,1H3/p+1. The summed E-state index contributed by atoms with van der Waals surface area (Å²) in [6.45, 7) is 0.998. The summed E-state index contributed by atoms with van der Waals surface area (Å²) in [5, 5.41) is 5.80. The topological polar surface area (TPSA) is 71.1 Å². The Morgan fingerprint density at radius 2 is 1.88 bits per heavy atom. The van der Waals surface area contributed by atoms with Crippen LogP contribution in [0.3, 0.4) is 0 Å². The van der Waals surface area contributed by atoms with Crippen LogP contribution in [0.25, 0.3) is 5.69 Å². The fourth-order valence-electron chi connectivity index (χ4n) is 2.47. The lowest BCUT2D eigenvalue weighted by molar-refractivity contribution is -0.677. The lowest BCUT2D eigenvalue weighted by Crippen LogP contribution is -2.41. The second kappa shape index (κ2) is 7.76. The maximum Gasteiger partial charge on any atom is 0.431 e. The molecule has 0 aliphatic carbocycles. The molecule has 0 saturated heterocycles. The van der Waals surface area contributed by atoms with Crippen LogP contribution in [0.1, 0.15) is 11.3 Å². The monoisotopic (exact) mass is 344 g/mol. The molecule has 0 bridgehead atoms. The molecule has 0 amide bonds. The molecule has 0 saturated carbocycles. The Labute approximate surface area is 143 Å². The Morgan fingerprint density at radius 3 is 2.56 bits per heavy atom. The lowest BCUT2D eigenvalue weighted by atomic mass is 10.1. The summed E-state index contributed by atoms with van der Waals surface area (Å²) in [4.78, 5) is 11.9. The first-order valence-corrected chi connectivity index (χ1v) is 7.89. The number of nitrogens with zero attached hydrogens (tertiary/aromatic N) is 1. The van der Waals surface area contributed by atoms with Crippen LogP contribution < -0.4 is 20.4 Å². The summed E-state index contributed by atoms with van der Waals surface area (Å²) < 4.78 is 24.5. The van der Waals surface area contributed by atoms with E-state index in [1.165, 1.54) is 12.1 Å². The molecule has 0 fully saturated rings. The minimum atomic E-state index is -0.426. The van der Waals surface area contributed by atoms with Crippen LogP contribution in [0.4, 0.5) is 4.39 Å². The summed E-state index contributed by atoms with van der Waals surface area (Å²) in [5.74, 6) is 0.483. The molecule has 0 atom stereocenters. The zero-order chi connectivity index (χ0) is 17.6. The van der Waals surface area contributed by atoms with Crippen molar-refractivity contribution in [2.45, 2.75) is 13.0 Å². The number of ether oxygens (including phenoxy) is 1. The molecule has 6 nitrogen and oxygen atoms in total. The number of rotatable bonds is 7. The Bertz CT molecular complexity index is 870. The number of halogens is 1. The molecule has 2 N–H and O–H groups in total. The highest BCUT2D eigenvalue weighted by Gasteiger charge is 2.22. The van der Waals surface area contributed by atoms with Crippen molar-refractivity contribution in [1.82, 2.24) is 10.6 Å². The summed E-state index contributed by atoms with van der Waals surface area (Å²) in [7, 11) is 1.60. The molecule has 25 heavy (non-hydrogen) atoms. The fourth-order valence-corrected chi connectivity index (χ4v) is 2.47. The van der Waals surface area contributed by atoms with Crippen LogP contribution in [-0.2, 0) is 13.0 Å². The van der Waals surface area contributed by atoms with Gasteiger partial charge < -0.3 is 10.1 Å². The van der Waals surface area contributed by atoms with Gasteiger partial charge in [-0.3, -0.25) is 4.52 Å². The van der Waals surface area contributed by atoms with E-state index >= 15 is 0 Å². The van der Waals surface area contributed by atoms with Crippen molar-refractivity contribution < 1.29 is 18.3 Å². The second-order valence-electron chi connectivity index (χ2n) is 5.51. The van der Waals surface area contributed by atoms with Gasteiger partial charge in [-0.15, -0.1) is 0 Å². The molecule has 7 heteroatoms. The molecule has 0 unspecified atom stereocenters. The molecular formula is C18H19FN3O3+. The Kier molecular flexibility index (Phi) is 5.25. The number of aromatic nitrogens is 2. The van der Waals surface area contributed by atoms with Crippen LogP contribution in [0.5, 0.6) is 5.75 Å². The highest BCUT2D eigenvalue weighted by Crippen LogP contribution is 2.11. The predicted molar refractivity (Wildman–Crippen MR) is 89.2 cm³/mol. The molecule has 3 rings (SSSR count). The third-order valence-electron chi connectivity index (χ3n) is 3.86. The van der Waals surface area contributed by atoms with Gasteiger partial charge in [0, 0.05) is 12.1 Å². The molecule has 0 aliphatic rings. The largest absolute Gasteiger partial charge is 0.497 e. The van der Waals surface area contributed by atoms with Gasteiger partial charge in [0.2, 0.25) is 5.69 Å². The average Bonchev–Trinajstić information content (AvgIpc) is 3.01. The maximum absolute atomic E-state index is 12.9. The quantitative estimate of drug-likeness (QED) is 0.506. The van der Waals surface area contributed by atoms with E-state index in [1.807, 2.05) is 12.1 Å². The van der Waals surface area contributed by atoms with Crippen molar-refractivity contribution in [3.05, 3.63) is 76.0 Å². The fraction of sp³-hybridized carbons (Fsp3) is 0.222. The number of aromatic amines is 1. The van der Waals surface area contributed by atoms with Crippen molar-refractivity contribution >= 4 is 0 Å². The minimum absolute atomic E-state index is 0.248. The SMILES string of the molecule is COc1ccc(-[n+]2[nH]oc(=O)c2CNCCc2ccc(F)cc2)cc1. The molecule has 130 valence electrons. The molecule has 0 spiro atoms. The lowest BCUT2D eigenvalue weighted by Gasteiger charge is -2.02. The summed E-state index contributed by atoms with van der Waals surface area (Å²) in [5.41, 5.74) is 1.83. The van der Waals surface area contributed by atoms with Gasteiger partial charge in [0.25, 0.3) is 0 Å². The van der Waals surface area contributed by atoms with Crippen molar-refractivity contribution in [2.75, 3.05) is 13.7 Å². The van der Waals surface area contributed by atoms with E-state index in [0.717, 1.165) is 23.4 Å². The van der Waals surface area contributed by atoms with Gasteiger partial charge in [-0.05, 0) is 52.7 Å². The van der Waals surface area contributed by atoms with E-state index in [4.69, 9.17) is 9.26 Å². The molecule has 3 aromatic rings. The van der Waals surface area contributed by atoms with E-state index in [9.17, 15) is 9.18 Å². The van der Waals surface area contributed by atoms with Gasteiger partial charge in [-0.25, -0.2) is 9.18 Å². The summed E-state index contributed by atoms with van der Waals surface area (Å²) in [6, 6.07) is 13.6.